The van der Waals surface area contributed by atoms with E-state index >= 15 is 0 Å². The van der Waals surface area contributed by atoms with Crippen molar-refractivity contribution in [3.05, 3.63) is 94.0 Å². The minimum atomic E-state index is -3.54. The van der Waals surface area contributed by atoms with Gasteiger partial charge >= 0.3 is 0 Å². The molecule has 0 amide bonds. The van der Waals surface area contributed by atoms with Gasteiger partial charge in [0.15, 0.2) is 5.78 Å². The first-order chi connectivity index (χ1) is 16.1. The van der Waals surface area contributed by atoms with E-state index in [-0.39, 0.29) is 32.0 Å². The fourth-order valence-corrected chi connectivity index (χ4v) is 4.01. The van der Waals surface area contributed by atoms with Gasteiger partial charge in [-0.25, -0.2) is 8.42 Å². The largest absolute Gasteiger partial charge is 0.487 e. The molecule has 0 saturated carbocycles. The molecule has 0 unspecified atom stereocenters. The van der Waals surface area contributed by atoms with Gasteiger partial charge < -0.3 is 14.9 Å². The summed E-state index contributed by atoms with van der Waals surface area (Å²) in [7, 11) is -2.10. The normalized spacial score (nSPS) is 11.3. The minimum absolute atomic E-state index is 0.0938. The van der Waals surface area contributed by atoms with E-state index in [2.05, 4.69) is 0 Å². The molecule has 0 fully saturated rings. The molecular weight excluding hydrogens is 454 g/mol. The lowest BCUT2D eigenvalue weighted by Gasteiger charge is -2.21. The van der Waals surface area contributed by atoms with E-state index in [4.69, 9.17) is 4.74 Å². The molecule has 2 N–H and O–H groups in total. The SMILES string of the molecule is Cc1ccc(CO)c(COc2cc(CC(=O)c3ccc(CO)cc3)ccc2N(C)S(C)(=O)=O)c1. The molecule has 0 aliphatic carbocycles. The van der Waals surface area contributed by atoms with Crippen molar-refractivity contribution in [2.75, 3.05) is 17.6 Å². The number of anilines is 1. The molecule has 0 bridgehead atoms. The minimum Gasteiger partial charge on any atom is -0.487 e. The summed E-state index contributed by atoms with van der Waals surface area (Å²) in [6.07, 6.45) is 1.21. The zero-order valence-corrected chi connectivity index (χ0v) is 20.3. The third-order valence-corrected chi connectivity index (χ3v) is 6.79. The van der Waals surface area contributed by atoms with Crippen LogP contribution in [0.1, 0.15) is 38.2 Å². The molecule has 0 spiro atoms. The monoisotopic (exact) mass is 483 g/mol. The van der Waals surface area contributed by atoms with E-state index < -0.39 is 10.0 Å². The van der Waals surface area contributed by atoms with Crippen molar-refractivity contribution in [3.63, 3.8) is 0 Å². The number of hydrogen-bond donors (Lipinski definition) is 2. The molecule has 7 nitrogen and oxygen atoms in total. The molecule has 3 aromatic carbocycles. The van der Waals surface area contributed by atoms with Crippen LogP contribution in [-0.4, -0.2) is 37.7 Å². The zero-order valence-electron chi connectivity index (χ0n) is 19.5. The van der Waals surface area contributed by atoms with Gasteiger partial charge in [-0.15, -0.1) is 0 Å². The van der Waals surface area contributed by atoms with Crippen LogP contribution in [0.15, 0.2) is 60.7 Å². The maximum absolute atomic E-state index is 12.8. The van der Waals surface area contributed by atoms with E-state index in [1.54, 1.807) is 42.5 Å². The van der Waals surface area contributed by atoms with Gasteiger partial charge in [-0.2, -0.15) is 0 Å². The van der Waals surface area contributed by atoms with Gasteiger partial charge in [-0.05, 0) is 41.3 Å². The number of aliphatic hydroxyl groups excluding tert-OH is 2. The standard InChI is InChI=1S/C26H29NO6S/c1-18-4-8-22(16-29)23(12-18)17-33-26-14-20(7-11-24(26)27(2)34(3,31)32)13-25(30)21-9-5-19(15-28)6-10-21/h4-12,14,28-29H,13,15-17H2,1-3H3. The lowest BCUT2D eigenvalue weighted by Crippen LogP contribution is -2.25. The van der Waals surface area contributed by atoms with Crippen molar-refractivity contribution in [1.29, 1.82) is 0 Å². The number of carbonyl (C=O) groups is 1. The van der Waals surface area contributed by atoms with Gasteiger partial charge in [0.25, 0.3) is 0 Å². The highest BCUT2D eigenvalue weighted by molar-refractivity contribution is 7.92. The molecule has 0 saturated heterocycles. The Labute approximate surface area is 200 Å². The first-order valence-corrected chi connectivity index (χ1v) is 12.6. The van der Waals surface area contributed by atoms with Crippen LogP contribution in [0.25, 0.3) is 0 Å². The predicted molar refractivity (Wildman–Crippen MR) is 132 cm³/mol. The Morgan fingerprint density at radius 2 is 1.59 bits per heavy atom. The second-order valence-corrected chi connectivity index (χ2v) is 10.2. The second kappa shape index (κ2) is 10.8. The number of Topliss-reactive ketones (excluding diaryl/α,β-unsaturated/α-hetero) is 1. The Hall–Kier alpha value is -3.20. The number of rotatable bonds is 10. The summed E-state index contributed by atoms with van der Waals surface area (Å²) in [6.45, 7) is 1.83. The maximum Gasteiger partial charge on any atom is 0.232 e. The van der Waals surface area contributed by atoms with Crippen LogP contribution in [0, 0.1) is 6.92 Å². The van der Waals surface area contributed by atoms with Gasteiger partial charge in [-0.1, -0.05) is 54.1 Å². The molecule has 3 aromatic rings. The van der Waals surface area contributed by atoms with Crippen LogP contribution in [0.5, 0.6) is 5.75 Å². The highest BCUT2D eigenvalue weighted by atomic mass is 32.2. The molecule has 34 heavy (non-hydrogen) atoms. The number of aryl methyl sites for hydroxylation is 1. The number of hydrogen-bond acceptors (Lipinski definition) is 6. The summed E-state index contributed by atoms with van der Waals surface area (Å²) in [6, 6.07) is 17.4. The predicted octanol–water partition coefficient (Wildman–Crippen LogP) is 3.38. The van der Waals surface area contributed by atoms with Gasteiger partial charge in [0.05, 0.1) is 25.2 Å². The van der Waals surface area contributed by atoms with E-state index in [9.17, 15) is 23.4 Å². The Balaban J connectivity index is 1.90. The average Bonchev–Trinajstić information content (AvgIpc) is 2.82. The second-order valence-electron chi connectivity index (χ2n) is 8.21. The number of nitrogens with zero attached hydrogens (tertiary/aromatic N) is 1. The molecule has 3 rings (SSSR count). The Morgan fingerprint density at radius 3 is 2.21 bits per heavy atom. The Morgan fingerprint density at radius 1 is 0.912 bits per heavy atom. The summed E-state index contributed by atoms with van der Waals surface area (Å²) in [5, 5.41) is 18.8. The average molecular weight is 484 g/mol. The van der Waals surface area contributed by atoms with Gasteiger partial charge in [0, 0.05) is 19.0 Å². The van der Waals surface area contributed by atoms with E-state index in [0.717, 1.165) is 32.8 Å². The molecule has 0 radical (unpaired) electrons. The van der Waals surface area contributed by atoms with Crippen molar-refractivity contribution < 1.29 is 28.2 Å². The number of sulfonamides is 1. The molecule has 0 aliphatic rings. The Bertz CT molecular complexity index is 1270. The van der Waals surface area contributed by atoms with Crippen LogP contribution in [0.2, 0.25) is 0 Å². The van der Waals surface area contributed by atoms with Gasteiger partial charge in [0.2, 0.25) is 10.0 Å². The first kappa shape index (κ1) is 25.4. The smallest absolute Gasteiger partial charge is 0.232 e. The third kappa shape index (κ3) is 6.22. The van der Waals surface area contributed by atoms with E-state index in [0.29, 0.717) is 22.6 Å². The number of ketones is 1. The summed E-state index contributed by atoms with van der Waals surface area (Å²) in [5.74, 6) is 0.208. The molecule has 0 aliphatic heterocycles. The summed E-state index contributed by atoms with van der Waals surface area (Å²) < 4.78 is 31.5. The summed E-state index contributed by atoms with van der Waals surface area (Å²) in [4.78, 5) is 12.8. The topological polar surface area (TPSA) is 104 Å². The fourth-order valence-electron chi connectivity index (χ4n) is 3.51. The molecular formula is C26H29NO6S. The quantitative estimate of drug-likeness (QED) is 0.429. The number of ether oxygens (including phenoxy) is 1. The van der Waals surface area contributed by atoms with E-state index in [1.807, 2.05) is 25.1 Å². The fraction of sp³-hybridized carbons (Fsp3) is 0.269. The van der Waals surface area contributed by atoms with Crippen LogP contribution >= 0.6 is 0 Å². The number of carbonyl (C=O) groups excluding carboxylic acids is 1. The van der Waals surface area contributed by atoms with Crippen molar-refractivity contribution >= 4 is 21.5 Å². The van der Waals surface area contributed by atoms with Crippen LogP contribution in [0.4, 0.5) is 5.69 Å². The van der Waals surface area contributed by atoms with Crippen molar-refractivity contribution in [2.24, 2.45) is 0 Å². The lowest BCUT2D eigenvalue weighted by atomic mass is 10.0. The van der Waals surface area contributed by atoms with Crippen molar-refractivity contribution in [2.45, 2.75) is 33.2 Å². The van der Waals surface area contributed by atoms with Crippen molar-refractivity contribution in [3.8, 4) is 5.75 Å². The lowest BCUT2D eigenvalue weighted by molar-refractivity contribution is 0.0993. The van der Waals surface area contributed by atoms with Crippen LogP contribution < -0.4 is 9.04 Å². The first-order valence-electron chi connectivity index (χ1n) is 10.7. The highest BCUT2D eigenvalue weighted by Crippen LogP contribution is 2.32. The number of aliphatic hydroxyl groups is 2. The number of benzene rings is 3. The molecule has 0 atom stereocenters. The maximum atomic E-state index is 12.8. The third-order valence-electron chi connectivity index (χ3n) is 5.60. The molecule has 180 valence electrons. The van der Waals surface area contributed by atoms with Gasteiger partial charge in [0.1, 0.15) is 12.4 Å². The molecule has 0 heterocycles. The zero-order chi connectivity index (χ0) is 24.9. The van der Waals surface area contributed by atoms with Crippen LogP contribution in [-0.2, 0) is 36.3 Å². The Kier molecular flexibility index (Phi) is 8.09. The summed E-state index contributed by atoms with van der Waals surface area (Å²) in [5.41, 5.74) is 4.79. The van der Waals surface area contributed by atoms with E-state index in [1.165, 1.54) is 7.05 Å². The van der Waals surface area contributed by atoms with Crippen LogP contribution in [0.3, 0.4) is 0 Å². The highest BCUT2D eigenvalue weighted by Gasteiger charge is 2.19. The van der Waals surface area contributed by atoms with Crippen molar-refractivity contribution in [1.82, 2.24) is 0 Å². The van der Waals surface area contributed by atoms with Gasteiger partial charge in [-0.3, -0.25) is 9.10 Å². The summed E-state index contributed by atoms with van der Waals surface area (Å²) >= 11 is 0. The molecule has 8 heteroatoms. The molecule has 0 aromatic heterocycles.